The van der Waals surface area contributed by atoms with E-state index in [1.54, 1.807) is 17.6 Å². The Bertz CT molecular complexity index is 58.6. The average molecular weight is 101 g/mol. The van der Waals surface area contributed by atoms with Crippen LogP contribution in [0.5, 0.6) is 0 Å². The van der Waals surface area contributed by atoms with Gasteiger partial charge in [0.1, 0.15) is 0 Å². The Balaban J connectivity index is 2.94. The average Bonchev–Trinajstić information content (AvgIpc) is 1.61. The Morgan fingerprint density at radius 3 is 2.50 bits per heavy atom. The van der Waals surface area contributed by atoms with Crippen LogP contribution in [0.15, 0.2) is 12.3 Å². The molecule has 0 aromatic carbocycles. The SMILES string of the molecule is CN/C=C\C=S. The lowest BCUT2D eigenvalue weighted by Crippen LogP contribution is -1.90. The molecule has 2 heteroatoms. The minimum absolute atomic E-state index is 1.55. The quantitative estimate of drug-likeness (QED) is 0.406. The molecule has 6 heavy (non-hydrogen) atoms. The van der Waals surface area contributed by atoms with Gasteiger partial charge in [-0.15, -0.1) is 0 Å². The Morgan fingerprint density at radius 2 is 2.33 bits per heavy atom. The summed E-state index contributed by atoms with van der Waals surface area (Å²) in [5.41, 5.74) is 0. The Kier molecular flexibility index (Phi) is 4.34. The molecule has 0 aromatic rings. The van der Waals surface area contributed by atoms with E-state index < -0.39 is 0 Å². The molecule has 0 amide bonds. The topological polar surface area (TPSA) is 12.0 Å². The van der Waals surface area contributed by atoms with Gasteiger partial charge in [0.25, 0.3) is 0 Å². The molecule has 34 valence electrons. The van der Waals surface area contributed by atoms with Gasteiger partial charge in [-0.1, -0.05) is 12.2 Å². The third-order valence-corrected chi connectivity index (χ3v) is 0.499. The Hall–Kier alpha value is -0.370. The van der Waals surface area contributed by atoms with Crippen molar-refractivity contribution in [3.8, 4) is 0 Å². The van der Waals surface area contributed by atoms with Crippen molar-refractivity contribution in [2.24, 2.45) is 0 Å². The molecule has 0 rings (SSSR count). The van der Waals surface area contributed by atoms with Gasteiger partial charge in [0.2, 0.25) is 0 Å². The minimum Gasteiger partial charge on any atom is -0.394 e. The zero-order chi connectivity index (χ0) is 4.83. The van der Waals surface area contributed by atoms with Crippen LogP contribution in [-0.2, 0) is 0 Å². The minimum atomic E-state index is 1.55. The summed E-state index contributed by atoms with van der Waals surface area (Å²) in [7, 11) is 1.83. The molecule has 0 saturated carbocycles. The molecular weight excluding hydrogens is 94.1 g/mol. The molecular formula is C4H7NS. The number of rotatable bonds is 2. The summed E-state index contributed by atoms with van der Waals surface area (Å²) in [5, 5.41) is 4.34. The molecule has 0 aliphatic carbocycles. The van der Waals surface area contributed by atoms with Gasteiger partial charge in [-0.2, -0.15) is 0 Å². The van der Waals surface area contributed by atoms with E-state index in [9.17, 15) is 0 Å². The molecule has 0 unspecified atom stereocenters. The molecule has 0 aromatic heterocycles. The molecule has 0 bridgehead atoms. The van der Waals surface area contributed by atoms with Crippen molar-refractivity contribution in [3.63, 3.8) is 0 Å². The maximum absolute atomic E-state index is 4.47. The van der Waals surface area contributed by atoms with E-state index in [0.29, 0.717) is 0 Å². The van der Waals surface area contributed by atoms with Crippen LogP contribution in [0.4, 0.5) is 0 Å². The predicted molar refractivity (Wildman–Crippen MR) is 31.9 cm³/mol. The molecule has 0 spiro atoms. The van der Waals surface area contributed by atoms with Crippen molar-refractivity contribution < 1.29 is 0 Å². The lowest BCUT2D eigenvalue weighted by Gasteiger charge is -1.75. The van der Waals surface area contributed by atoms with Crippen molar-refractivity contribution in [1.29, 1.82) is 0 Å². The van der Waals surface area contributed by atoms with E-state index >= 15 is 0 Å². The summed E-state index contributed by atoms with van der Waals surface area (Å²) in [6, 6.07) is 0. The van der Waals surface area contributed by atoms with Crippen LogP contribution in [-0.4, -0.2) is 12.4 Å². The lowest BCUT2D eigenvalue weighted by atomic mass is 10.7. The third-order valence-electron chi connectivity index (χ3n) is 0.341. The molecule has 0 radical (unpaired) electrons. The normalized spacial score (nSPS) is 8.83. The van der Waals surface area contributed by atoms with Crippen molar-refractivity contribution >= 4 is 17.6 Å². The van der Waals surface area contributed by atoms with Gasteiger partial charge in [-0.3, -0.25) is 0 Å². The van der Waals surface area contributed by atoms with Crippen LogP contribution >= 0.6 is 12.2 Å². The number of hydrogen-bond donors (Lipinski definition) is 1. The first kappa shape index (κ1) is 5.63. The molecule has 0 aliphatic heterocycles. The number of nitrogens with one attached hydrogen (secondary N) is 1. The Labute approximate surface area is 43.1 Å². The number of thiocarbonyl (C=S) groups is 1. The summed E-state index contributed by atoms with van der Waals surface area (Å²) in [6.07, 6.45) is 3.53. The molecule has 0 aliphatic rings. The highest BCUT2D eigenvalue weighted by Gasteiger charge is 1.51. The van der Waals surface area contributed by atoms with Gasteiger partial charge in [0.15, 0.2) is 0 Å². The fourth-order valence-corrected chi connectivity index (χ4v) is 0.214. The van der Waals surface area contributed by atoms with Crippen molar-refractivity contribution in [2.45, 2.75) is 0 Å². The van der Waals surface area contributed by atoms with Gasteiger partial charge < -0.3 is 5.32 Å². The molecule has 1 N–H and O–H groups in total. The second-order valence-electron chi connectivity index (χ2n) is 0.784. The summed E-state index contributed by atoms with van der Waals surface area (Å²) in [4.78, 5) is 0. The van der Waals surface area contributed by atoms with Crippen LogP contribution in [0, 0.1) is 0 Å². The molecule has 0 atom stereocenters. The highest BCUT2D eigenvalue weighted by Crippen LogP contribution is 1.56. The largest absolute Gasteiger partial charge is 0.394 e. The summed E-state index contributed by atoms with van der Waals surface area (Å²) >= 11 is 4.47. The van der Waals surface area contributed by atoms with Crippen LogP contribution in [0.25, 0.3) is 0 Å². The zero-order valence-corrected chi connectivity index (χ0v) is 4.46. The first-order chi connectivity index (χ1) is 2.91. The summed E-state index contributed by atoms with van der Waals surface area (Å²) < 4.78 is 0. The van der Waals surface area contributed by atoms with Crippen LogP contribution in [0.2, 0.25) is 0 Å². The second kappa shape index (κ2) is 4.63. The maximum Gasteiger partial charge on any atom is 0.00278 e. The highest BCUT2D eigenvalue weighted by molar-refractivity contribution is 7.79. The zero-order valence-electron chi connectivity index (χ0n) is 3.64. The molecule has 0 saturated heterocycles. The van der Waals surface area contributed by atoms with E-state index in [4.69, 9.17) is 0 Å². The summed E-state index contributed by atoms with van der Waals surface area (Å²) in [5.74, 6) is 0. The smallest absolute Gasteiger partial charge is 0.00278 e. The van der Waals surface area contributed by atoms with E-state index in [2.05, 4.69) is 17.5 Å². The lowest BCUT2D eigenvalue weighted by molar-refractivity contribution is 1.11. The van der Waals surface area contributed by atoms with E-state index in [0.717, 1.165) is 0 Å². The van der Waals surface area contributed by atoms with Crippen LogP contribution < -0.4 is 5.32 Å². The van der Waals surface area contributed by atoms with E-state index in [1.807, 2.05) is 7.05 Å². The second-order valence-corrected chi connectivity index (χ2v) is 1.06. The molecule has 1 nitrogen and oxygen atoms in total. The van der Waals surface area contributed by atoms with E-state index in [1.165, 1.54) is 0 Å². The van der Waals surface area contributed by atoms with Crippen molar-refractivity contribution in [3.05, 3.63) is 12.3 Å². The van der Waals surface area contributed by atoms with Crippen LogP contribution in [0.3, 0.4) is 0 Å². The maximum atomic E-state index is 4.47. The fourth-order valence-electron chi connectivity index (χ4n) is 0.136. The van der Waals surface area contributed by atoms with Gasteiger partial charge in [-0.25, -0.2) is 0 Å². The first-order valence-corrected chi connectivity index (χ1v) is 2.16. The standard InChI is InChI=1S/C4H7NS/c1-5-3-2-4-6/h2-5H,1H3/b3-2-. The Morgan fingerprint density at radius 1 is 1.67 bits per heavy atom. The third kappa shape index (κ3) is 3.63. The fraction of sp³-hybridized carbons (Fsp3) is 0.250. The summed E-state index contributed by atoms with van der Waals surface area (Å²) in [6.45, 7) is 0. The van der Waals surface area contributed by atoms with E-state index in [-0.39, 0.29) is 0 Å². The molecule has 0 fully saturated rings. The first-order valence-electron chi connectivity index (χ1n) is 1.69. The van der Waals surface area contributed by atoms with Crippen LogP contribution in [0.1, 0.15) is 0 Å². The van der Waals surface area contributed by atoms with Crippen molar-refractivity contribution in [1.82, 2.24) is 5.32 Å². The van der Waals surface area contributed by atoms with Gasteiger partial charge in [0.05, 0.1) is 0 Å². The predicted octanol–water partition coefficient (Wildman–Crippen LogP) is 0.719. The number of hydrogen-bond acceptors (Lipinski definition) is 2. The van der Waals surface area contributed by atoms with Crippen molar-refractivity contribution in [2.75, 3.05) is 7.05 Å². The highest BCUT2D eigenvalue weighted by atomic mass is 32.1. The van der Waals surface area contributed by atoms with Gasteiger partial charge in [0, 0.05) is 12.4 Å². The molecule has 0 heterocycles. The van der Waals surface area contributed by atoms with Gasteiger partial charge >= 0.3 is 0 Å². The van der Waals surface area contributed by atoms with Gasteiger partial charge in [-0.05, 0) is 12.3 Å². The number of allylic oxidation sites excluding steroid dienone is 1. The monoisotopic (exact) mass is 101 g/mol.